The molecular formula is C14H24N4S. The zero-order valence-electron chi connectivity index (χ0n) is 12.0. The number of rotatable bonds is 5. The van der Waals surface area contributed by atoms with Crippen LogP contribution in [0, 0.1) is 0 Å². The largest absolute Gasteiger partial charge is 0.357 e. The molecule has 0 spiro atoms. The maximum absolute atomic E-state index is 4.72. The summed E-state index contributed by atoms with van der Waals surface area (Å²) in [4.78, 5) is 11.7. The van der Waals surface area contributed by atoms with E-state index in [1.807, 2.05) is 0 Å². The zero-order chi connectivity index (χ0) is 13.5. The quantitative estimate of drug-likeness (QED) is 0.664. The van der Waals surface area contributed by atoms with Gasteiger partial charge in [0.15, 0.2) is 5.96 Å². The molecule has 1 N–H and O–H groups in total. The molecule has 1 aliphatic rings. The lowest BCUT2D eigenvalue weighted by atomic mass is 10.3. The number of guanidine groups is 1. The third kappa shape index (κ3) is 4.20. The predicted molar refractivity (Wildman–Crippen MR) is 82.0 cm³/mol. The first-order valence-corrected chi connectivity index (χ1v) is 8.18. The molecule has 5 heteroatoms. The number of thiazole rings is 1. The highest BCUT2D eigenvalue weighted by molar-refractivity contribution is 7.09. The molecule has 0 radical (unpaired) electrons. The summed E-state index contributed by atoms with van der Waals surface area (Å²) in [6.45, 7) is 8.32. The van der Waals surface area contributed by atoms with Gasteiger partial charge in [-0.05, 0) is 26.2 Å². The molecule has 106 valence electrons. The Hall–Kier alpha value is -1.10. The van der Waals surface area contributed by atoms with Gasteiger partial charge in [0.05, 0.1) is 10.7 Å². The fourth-order valence-corrected chi connectivity index (χ4v) is 3.04. The molecule has 0 unspecified atom stereocenters. The summed E-state index contributed by atoms with van der Waals surface area (Å²) in [5.41, 5.74) is 1.18. The molecule has 1 aromatic rings. The first kappa shape index (κ1) is 14.3. The molecule has 2 heterocycles. The second-order valence-electron chi connectivity index (χ2n) is 4.77. The van der Waals surface area contributed by atoms with E-state index >= 15 is 0 Å². The second-order valence-corrected chi connectivity index (χ2v) is 5.71. The minimum atomic E-state index is 0.825. The number of likely N-dealkylation sites (tertiary alicyclic amines) is 1. The van der Waals surface area contributed by atoms with Crippen LogP contribution in [0.2, 0.25) is 0 Å². The van der Waals surface area contributed by atoms with Crippen molar-refractivity contribution in [3.63, 3.8) is 0 Å². The Morgan fingerprint density at radius 1 is 1.42 bits per heavy atom. The first-order chi connectivity index (χ1) is 9.33. The van der Waals surface area contributed by atoms with Crippen molar-refractivity contribution in [1.82, 2.24) is 15.2 Å². The minimum Gasteiger partial charge on any atom is -0.357 e. The molecule has 4 nitrogen and oxygen atoms in total. The van der Waals surface area contributed by atoms with Gasteiger partial charge in [0, 0.05) is 38.0 Å². The average Bonchev–Trinajstić information content (AvgIpc) is 3.09. The molecule has 0 aliphatic carbocycles. The van der Waals surface area contributed by atoms with Gasteiger partial charge in [-0.15, -0.1) is 11.3 Å². The van der Waals surface area contributed by atoms with E-state index in [1.54, 1.807) is 11.3 Å². The monoisotopic (exact) mass is 280 g/mol. The van der Waals surface area contributed by atoms with E-state index in [9.17, 15) is 0 Å². The predicted octanol–water partition coefficient (Wildman–Crippen LogP) is 2.31. The summed E-state index contributed by atoms with van der Waals surface area (Å²) in [6, 6.07) is 0. The molecule has 1 saturated heterocycles. The molecule has 0 amide bonds. The molecule has 1 aromatic heterocycles. The summed E-state index contributed by atoms with van der Waals surface area (Å²) < 4.78 is 0. The topological polar surface area (TPSA) is 40.5 Å². The van der Waals surface area contributed by atoms with Gasteiger partial charge < -0.3 is 10.2 Å². The number of hydrogen-bond acceptors (Lipinski definition) is 3. The Kier molecular flexibility index (Phi) is 5.63. The zero-order valence-corrected chi connectivity index (χ0v) is 12.8. The SMILES string of the molecule is CCNC(=NCCc1csc(CC)n1)N1CCCC1. The van der Waals surface area contributed by atoms with Gasteiger partial charge in [-0.1, -0.05) is 6.92 Å². The molecule has 0 aromatic carbocycles. The molecule has 1 fully saturated rings. The van der Waals surface area contributed by atoms with Crippen molar-refractivity contribution in [3.8, 4) is 0 Å². The third-order valence-electron chi connectivity index (χ3n) is 3.27. The number of nitrogens with zero attached hydrogens (tertiary/aromatic N) is 3. The van der Waals surface area contributed by atoms with Crippen molar-refractivity contribution >= 4 is 17.3 Å². The Bertz CT molecular complexity index is 407. The summed E-state index contributed by atoms with van der Waals surface area (Å²) >= 11 is 1.76. The van der Waals surface area contributed by atoms with Crippen molar-refractivity contribution < 1.29 is 0 Å². The van der Waals surface area contributed by atoms with Crippen LogP contribution in [0.15, 0.2) is 10.4 Å². The Labute approximate surface area is 120 Å². The molecule has 0 atom stereocenters. The van der Waals surface area contributed by atoms with Gasteiger partial charge in [0.25, 0.3) is 0 Å². The molecule has 2 rings (SSSR count). The minimum absolute atomic E-state index is 0.825. The normalized spacial score (nSPS) is 16.1. The van der Waals surface area contributed by atoms with Gasteiger partial charge in [0.1, 0.15) is 0 Å². The fraction of sp³-hybridized carbons (Fsp3) is 0.714. The van der Waals surface area contributed by atoms with Crippen molar-refractivity contribution in [1.29, 1.82) is 0 Å². The van der Waals surface area contributed by atoms with E-state index in [0.717, 1.165) is 45.0 Å². The number of aliphatic imine (C=N–C) groups is 1. The standard InChI is InChI=1S/C14H24N4S/c1-3-13-17-12(11-19-13)7-8-16-14(15-4-2)18-9-5-6-10-18/h11H,3-10H2,1-2H3,(H,15,16). The van der Waals surface area contributed by atoms with E-state index in [-0.39, 0.29) is 0 Å². The van der Waals surface area contributed by atoms with Crippen LogP contribution >= 0.6 is 11.3 Å². The van der Waals surface area contributed by atoms with Gasteiger partial charge in [-0.25, -0.2) is 4.98 Å². The van der Waals surface area contributed by atoms with E-state index in [0.29, 0.717) is 0 Å². The molecule has 1 aliphatic heterocycles. The maximum atomic E-state index is 4.72. The van der Waals surface area contributed by atoms with Crippen LogP contribution in [0.4, 0.5) is 0 Å². The Morgan fingerprint density at radius 2 is 2.21 bits per heavy atom. The second kappa shape index (κ2) is 7.48. The molecule has 19 heavy (non-hydrogen) atoms. The smallest absolute Gasteiger partial charge is 0.193 e. The highest BCUT2D eigenvalue weighted by atomic mass is 32.1. The fourth-order valence-electron chi connectivity index (χ4n) is 2.26. The Morgan fingerprint density at radius 3 is 2.84 bits per heavy atom. The van der Waals surface area contributed by atoms with E-state index in [2.05, 4.69) is 34.4 Å². The lowest BCUT2D eigenvalue weighted by Gasteiger charge is -2.20. The van der Waals surface area contributed by atoms with E-state index in [1.165, 1.54) is 23.5 Å². The van der Waals surface area contributed by atoms with E-state index in [4.69, 9.17) is 4.99 Å². The van der Waals surface area contributed by atoms with Crippen LogP contribution < -0.4 is 5.32 Å². The number of aryl methyl sites for hydroxylation is 1. The molecule has 0 saturated carbocycles. The highest BCUT2D eigenvalue weighted by Crippen LogP contribution is 2.11. The molecular weight excluding hydrogens is 256 g/mol. The molecule has 0 bridgehead atoms. The highest BCUT2D eigenvalue weighted by Gasteiger charge is 2.15. The van der Waals surface area contributed by atoms with Crippen molar-refractivity contribution in [2.24, 2.45) is 4.99 Å². The van der Waals surface area contributed by atoms with Gasteiger partial charge in [0.2, 0.25) is 0 Å². The number of hydrogen-bond donors (Lipinski definition) is 1. The van der Waals surface area contributed by atoms with Gasteiger partial charge >= 0.3 is 0 Å². The average molecular weight is 280 g/mol. The number of aromatic nitrogens is 1. The van der Waals surface area contributed by atoms with Crippen molar-refractivity contribution in [3.05, 3.63) is 16.1 Å². The third-order valence-corrected chi connectivity index (χ3v) is 4.31. The van der Waals surface area contributed by atoms with Crippen LogP contribution in [0.1, 0.15) is 37.4 Å². The van der Waals surface area contributed by atoms with Crippen LogP contribution in [-0.2, 0) is 12.8 Å². The summed E-state index contributed by atoms with van der Waals surface area (Å²) in [5, 5.41) is 6.78. The summed E-state index contributed by atoms with van der Waals surface area (Å²) in [7, 11) is 0. The van der Waals surface area contributed by atoms with Crippen molar-refractivity contribution in [2.45, 2.75) is 39.5 Å². The summed E-state index contributed by atoms with van der Waals surface area (Å²) in [6.07, 6.45) is 4.55. The lowest BCUT2D eigenvalue weighted by molar-refractivity contribution is 0.494. The Balaban J connectivity index is 1.86. The maximum Gasteiger partial charge on any atom is 0.193 e. The van der Waals surface area contributed by atoms with Gasteiger partial charge in [-0.3, -0.25) is 4.99 Å². The first-order valence-electron chi connectivity index (χ1n) is 7.30. The van der Waals surface area contributed by atoms with E-state index < -0.39 is 0 Å². The van der Waals surface area contributed by atoms with Crippen LogP contribution in [0.5, 0.6) is 0 Å². The lowest BCUT2D eigenvalue weighted by Crippen LogP contribution is -2.39. The number of nitrogens with one attached hydrogen (secondary N) is 1. The van der Waals surface area contributed by atoms with Crippen molar-refractivity contribution in [2.75, 3.05) is 26.2 Å². The van der Waals surface area contributed by atoms with Gasteiger partial charge in [-0.2, -0.15) is 0 Å². The van der Waals surface area contributed by atoms with Crippen LogP contribution in [0.25, 0.3) is 0 Å². The summed E-state index contributed by atoms with van der Waals surface area (Å²) in [5.74, 6) is 1.07. The van der Waals surface area contributed by atoms with Crippen LogP contribution in [-0.4, -0.2) is 42.0 Å². The van der Waals surface area contributed by atoms with Crippen LogP contribution in [0.3, 0.4) is 0 Å².